The zero-order valence-corrected chi connectivity index (χ0v) is 15.8. The van der Waals surface area contributed by atoms with Crippen LogP contribution in [0.3, 0.4) is 0 Å². The van der Waals surface area contributed by atoms with Crippen LogP contribution in [0.1, 0.15) is 35.9 Å². The Kier molecular flexibility index (Phi) is 4.53. The quantitative estimate of drug-likeness (QED) is 0.533. The Balaban J connectivity index is 1.53. The van der Waals surface area contributed by atoms with E-state index in [0.29, 0.717) is 17.9 Å². The van der Waals surface area contributed by atoms with Gasteiger partial charge in [0.2, 0.25) is 0 Å². The second-order valence-electron chi connectivity index (χ2n) is 6.67. The van der Waals surface area contributed by atoms with Gasteiger partial charge in [-0.1, -0.05) is 12.1 Å². The molecule has 4 rings (SSSR count). The van der Waals surface area contributed by atoms with Crippen molar-refractivity contribution in [1.29, 1.82) is 0 Å². The molecule has 0 saturated carbocycles. The lowest BCUT2D eigenvalue weighted by Crippen LogP contribution is -2.17. The number of anilines is 1. The predicted molar refractivity (Wildman–Crippen MR) is 106 cm³/mol. The van der Waals surface area contributed by atoms with Crippen molar-refractivity contribution in [3.63, 3.8) is 0 Å². The number of halogens is 1. The molecular formula is C20H19FN4OS. The van der Waals surface area contributed by atoms with Gasteiger partial charge in [-0.15, -0.1) is 11.3 Å². The van der Waals surface area contributed by atoms with Gasteiger partial charge in [-0.3, -0.25) is 9.48 Å². The number of nitrogens with one attached hydrogen (secondary N) is 1. The summed E-state index contributed by atoms with van der Waals surface area (Å²) in [5.74, 6) is -0.444. The molecule has 0 fully saturated rings. The lowest BCUT2D eigenvalue weighted by atomic mass is 10.2. The number of carbonyl (C=O) groups excluding carboxylic acids is 1. The highest BCUT2D eigenvalue weighted by atomic mass is 32.1. The highest BCUT2D eigenvalue weighted by molar-refractivity contribution is 7.17. The van der Waals surface area contributed by atoms with Gasteiger partial charge in [0.15, 0.2) is 0 Å². The van der Waals surface area contributed by atoms with Crippen LogP contribution < -0.4 is 5.32 Å². The van der Waals surface area contributed by atoms with Gasteiger partial charge in [-0.25, -0.2) is 4.39 Å². The summed E-state index contributed by atoms with van der Waals surface area (Å²) < 4.78 is 18.1. The van der Waals surface area contributed by atoms with Gasteiger partial charge in [-0.05, 0) is 49.1 Å². The number of carbonyl (C=O) groups is 1. The first kappa shape index (κ1) is 17.5. The minimum Gasteiger partial charge on any atom is -0.333 e. The highest BCUT2D eigenvalue weighted by Gasteiger charge is 2.18. The highest BCUT2D eigenvalue weighted by Crippen LogP contribution is 2.28. The second-order valence-corrected chi connectivity index (χ2v) is 7.62. The fourth-order valence-electron chi connectivity index (χ4n) is 3.21. The van der Waals surface area contributed by atoms with Crippen LogP contribution in [0.2, 0.25) is 0 Å². The van der Waals surface area contributed by atoms with Gasteiger partial charge in [0, 0.05) is 12.2 Å². The summed E-state index contributed by atoms with van der Waals surface area (Å²) in [5, 5.41) is 9.19. The fraction of sp³-hybridized carbons (Fsp3) is 0.200. The molecule has 1 N–H and O–H groups in total. The monoisotopic (exact) mass is 382 g/mol. The van der Waals surface area contributed by atoms with Crippen LogP contribution in [0, 0.1) is 5.82 Å². The molecule has 0 aliphatic rings. The Morgan fingerprint density at radius 1 is 1.30 bits per heavy atom. The number of rotatable bonds is 5. The average Bonchev–Trinajstić information content (AvgIpc) is 3.30. The standard InChI is InChI=1S/C20H19FN4OS/c1-13(2)25-17-6-7-27-19(17)9-18(25)20(26)23-16-10-22-24(12-16)11-14-4-3-5-15(21)8-14/h3-10,12-13H,11H2,1-2H3,(H,23,26). The zero-order chi connectivity index (χ0) is 19.0. The van der Waals surface area contributed by atoms with E-state index in [9.17, 15) is 9.18 Å². The van der Waals surface area contributed by atoms with Crippen LogP contribution in [0.15, 0.2) is 54.2 Å². The Bertz CT molecular complexity index is 1110. The van der Waals surface area contributed by atoms with E-state index in [4.69, 9.17) is 0 Å². The van der Waals surface area contributed by atoms with Crippen molar-refractivity contribution in [1.82, 2.24) is 14.3 Å². The molecule has 3 aromatic heterocycles. The predicted octanol–water partition coefficient (Wildman–Crippen LogP) is 4.92. The maximum Gasteiger partial charge on any atom is 0.272 e. The number of hydrogen-bond acceptors (Lipinski definition) is 3. The minimum absolute atomic E-state index is 0.169. The van der Waals surface area contributed by atoms with Crippen LogP contribution in [0.25, 0.3) is 10.2 Å². The van der Waals surface area contributed by atoms with E-state index in [1.54, 1.807) is 34.5 Å². The summed E-state index contributed by atoms with van der Waals surface area (Å²) in [7, 11) is 0. The van der Waals surface area contributed by atoms with Crippen LogP contribution >= 0.6 is 11.3 Å². The molecule has 3 heterocycles. The molecule has 4 aromatic rings. The number of hydrogen-bond donors (Lipinski definition) is 1. The maximum atomic E-state index is 13.3. The Morgan fingerprint density at radius 3 is 2.93 bits per heavy atom. The van der Waals surface area contributed by atoms with E-state index in [1.165, 1.54) is 12.1 Å². The molecule has 0 saturated heterocycles. The van der Waals surface area contributed by atoms with E-state index in [2.05, 4.69) is 24.3 Å². The summed E-state index contributed by atoms with van der Waals surface area (Å²) in [5.41, 5.74) is 3.12. The SMILES string of the molecule is CC(C)n1c(C(=O)Nc2cnn(Cc3cccc(F)c3)c2)cc2sccc21. The topological polar surface area (TPSA) is 51.9 Å². The molecule has 138 valence electrons. The van der Waals surface area contributed by atoms with Crippen molar-refractivity contribution >= 4 is 33.1 Å². The Labute approximate surface area is 160 Å². The smallest absolute Gasteiger partial charge is 0.272 e. The summed E-state index contributed by atoms with van der Waals surface area (Å²) in [6.07, 6.45) is 3.34. The molecule has 7 heteroatoms. The maximum absolute atomic E-state index is 13.3. The lowest BCUT2D eigenvalue weighted by molar-refractivity contribution is 0.101. The van der Waals surface area contributed by atoms with E-state index >= 15 is 0 Å². The number of amides is 1. The van der Waals surface area contributed by atoms with Crippen molar-refractivity contribution in [3.8, 4) is 0 Å². The molecule has 0 spiro atoms. The van der Waals surface area contributed by atoms with Gasteiger partial charge in [0.25, 0.3) is 5.91 Å². The van der Waals surface area contributed by atoms with Crippen LogP contribution in [-0.2, 0) is 6.54 Å². The average molecular weight is 382 g/mol. The van der Waals surface area contributed by atoms with E-state index in [-0.39, 0.29) is 17.8 Å². The van der Waals surface area contributed by atoms with Crippen molar-refractivity contribution in [2.24, 2.45) is 0 Å². The number of aromatic nitrogens is 3. The van der Waals surface area contributed by atoms with E-state index in [1.807, 2.05) is 28.1 Å². The normalized spacial score (nSPS) is 11.4. The summed E-state index contributed by atoms with van der Waals surface area (Å²) in [6.45, 7) is 4.56. The zero-order valence-electron chi connectivity index (χ0n) is 15.0. The molecule has 0 aliphatic heterocycles. The van der Waals surface area contributed by atoms with E-state index < -0.39 is 0 Å². The molecule has 1 aromatic carbocycles. The Morgan fingerprint density at radius 2 is 2.15 bits per heavy atom. The number of thiophene rings is 1. The molecule has 0 aliphatic carbocycles. The Hall–Kier alpha value is -2.93. The van der Waals surface area contributed by atoms with Crippen LogP contribution in [0.4, 0.5) is 10.1 Å². The molecule has 0 unspecified atom stereocenters. The third kappa shape index (κ3) is 3.50. The second kappa shape index (κ2) is 7.00. The summed E-state index contributed by atoms with van der Waals surface area (Å²) in [6, 6.07) is 10.5. The third-order valence-corrected chi connectivity index (χ3v) is 5.19. The van der Waals surface area contributed by atoms with Crippen molar-refractivity contribution in [2.45, 2.75) is 26.4 Å². The van der Waals surface area contributed by atoms with Crippen molar-refractivity contribution < 1.29 is 9.18 Å². The largest absolute Gasteiger partial charge is 0.333 e. The molecule has 0 bridgehead atoms. The van der Waals surface area contributed by atoms with Crippen molar-refractivity contribution in [2.75, 3.05) is 5.32 Å². The number of fused-ring (bicyclic) bond motifs is 1. The van der Waals surface area contributed by atoms with Crippen molar-refractivity contribution in [3.05, 3.63) is 71.2 Å². The van der Waals surface area contributed by atoms with Gasteiger partial charge in [-0.2, -0.15) is 5.10 Å². The van der Waals surface area contributed by atoms with Gasteiger partial charge in [0.1, 0.15) is 11.5 Å². The van der Waals surface area contributed by atoms with Crippen LogP contribution in [-0.4, -0.2) is 20.3 Å². The molecule has 0 atom stereocenters. The first-order chi connectivity index (χ1) is 13.0. The molecule has 5 nitrogen and oxygen atoms in total. The van der Waals surface area contributed by atoms with Gasteiger partial charge in [0.05, 0.1) is 28.6 Å². The number of nitrogens with zero attached hydrogens (tertiary/aromatic N) is 3. The molecule has 0 radical (unpaired) electrons. The minimum atomic E-state index is -0.275. The summed E-state index contributed by atoms with van der Waals surface area (Å²) >= 11 is 1.62. The number of benzene rings is 1. The molecule has 27 heavy (non-hydrogen) atoms. The third-order valence-electron chi connectivity index (χ3n) is 4.33. The van der Waals surface area contributed by atoms with Gasteiger partial charge < -0.3 is 9.88 Å². The van der Waals surface area contributed by atoms with Gasteiger partial charge >= 0.3 is 0 Å². The first-order valence-electron chi connectivity index (χ1n) is 8.68. The lowest BCUT2D eigenvalue weighted by Gasteiger charge is -2.13. The van der Waals surface area contributed by atoms with E-state index in [0.717, 1.165) is 15.8 Å². The first-order valence-corrected chi connectivity index (χ1v) is 9.56. The van der Waals surface area contributed by atoms with Crippen LogP contribution in [0.5, 0.6) is 0 Å². The molecule has 1 amide bonds. The fourth-order valence-corrected chi connectivity index (χ4v) is 4.02. The molecular weight excluding hydrogens is 363 g/mol. The summed E-state index contributed by atoms with van der Waals surface area (Å²) in [4.78, 5) is 12.8.